The molecule has 0 aliphatic carbocycles. The smallest absolute Gasteiger partial charge is 0.333 e. The van der Waals surface area contributed by atoms with Gasteiger partial charge in [0.1, 0.15) is 47.8 Å². The molecule has 0 spiro atoms. The zero-order chi connectivity index (χ0) is 52.1. The summed E-state index contributed by atoms with van der Waals surface area (Å²) in [7, 11) is 5.33. The lowest BCUT2D eigenvalue weighted by Crippen LogP contribution is -2.63. The highest BCUT2D eigenvalue weighted by Crippen LogP contribution is 2.37. The monoisotopic (exact) mass is 1020 g/mol. The molecule has 7 heterocycles. The molecule has 390 valence electrons. The maximum atomic E-state index is 15.7. The van der Waals surface area contributed by atoms with Crippen LogP contribution in [0.4, 0.5) is 5.69 Å². The van der Waals surface area contributed by atoms with E-state index in [2.05, 4.69) is 25.8 Å². The Kier molecular flexibility index (Phi) is 16.7. The highest BCUT2D eigenvalue weighted by molar-refractivity contribution is 8.00. The third-order valence-electron chi connectivity index (χ3n) is 15.2. The van der Waals surface area contributed by atoms with Crippen LogP contribution >= 0.6 is 11.8 Å². The number of ketones is 1. The highest BCUT2D eigenvalue weighted by atomic mass is 32.2. The number of hydrogen-bond donors (Lipinski definition) is 4. The summed E-state index contributed by atoms with van der Waals surface area (Å²) in [6.07, 6.45) is 2.40. The number of pyridine rings is 1. The van der Waals surface area contributed by atoms with Crippen LogP contribution in [0.25, 0.3) is 0 Å². The molecule has 6 fully saturated rings. The molecular formula is C53H67N9O10S. The first-order valence-corrected chi connectivity index (χ1v) is 26.4. The number of carbonyl (C=O) groups is 8. The SMILES string of the molecule is CC[C@H]1NC(=O)[C@@H](NC(=O)c2ncccc2O)[C@@H](C)OC(=O)[C@H](c2ccccc2)NC(=O)C2CC(=O)C(CS[C@@H]3CN4CCC3CC4)CN2C(=O)[C@H](Cc2ccc(N(C)C)cc2)N(C)C(=O)[C@@H]2CCCN2C1=O. The van der Waals surface area contributed by atoms with Gasteiger partial charge in [-0.25, -0.2) is 9.78 Å². The summed E-state index contributed by atoms with van der Waals surface area (Å²) in [6, 6.07) is 10.3. The van der Waals surface area contributed by atoms with E-state index in [-0.39, 0.29) is 50.1 Å². The van der Waals surface area contributed by atoms with E-state index in [1.54, 1.807) is 49.0 Å². The van der Waals surface area contributed by atoms with Gasteiger partial charge in [0, 0.05) is 82.4 Å². The van der Waals surface area contributed by atoms with Gasteiger partial charge in [0.2, 0.25) is 29.5 Å². The van der Waals surface area contributed by atoms with Crippen molar-refractivity contribution in [2.24, 2.45) is 11.8 Å². The van der Waals surface area contributed by atoms with E-state index in [9.17, 15) is 29.1 Å². The molecule has 6 aliphatic heterocycles. The second kappa shape index (κ2) is 23.1. The topological polar surface area (TPSA) is 231 Å². The van der Waals surface area contributed by atoms with Crippen molar-refractivity contribution in [3.8, 4) is 5.75 Å². The van der Waals surface area contributed by atoms with Crippen molar-refractivity contribution in [1.29, 1.82) is 0 Å². The number of aromatic hydroxyl groups is 1. The Labute approximate surface area is 430 Å². The Hall–Kier alpha value is -6.54. The number of aromatic nitrogens is 1. The number of nitrogens with zero attached hydrogens (tertiary/aromatic N) is 6. The number of Topliss-reactive ketones (excluding diaryl/α,β-unsaturated/α-hetero) is 1. The van der Waals surface area contributed by atoms with Crippen LogP contribution in [0.2, 0.25) is 0 Å². The van der Waals surface area contributed by atoms with E-state index < -0.39 is 101 Å². The molecule has 1 aromatic heterocycles. The average molecular weight is 1020 g/mol. The van der Waals surface area contributed by atoms with Gasteiger partial charge in [-0.15, -0.1) is 0 Å². The van der Waals surface area contributed by atoms with Crippen molar-refractivity contribution >= 4 is 64.6 Å². The first kappa shape index (κ1) is 52.8. The molecule has 6 saturated heterocycles. The number of hydrogen-bond acceptors (Lipinski definition) is 14. The fraction of sp³-hybridized carbons (Fsp3) is 0.528. The van der Waals surface area contributed by atoms with Gasteiger partial charge in [-0.2, -0.15) is 11.8 Å². The van der Waals surface area contributed by atoms with E-state index >= 15 is 14.4 Å². The molecule has 19 nitrogen and oxygen atoms in total. The van der Waals surface area contributed by atoms with E-state index in [0.717, 1.165) is 43.7 Å². The molecule has 73 heavy (non-hydrogen) atoms. The molecule has 9 atom stereocenters. The van der Waals surface area contributed by atoms with E-state index in [1.807, 2.05) is 43.3 Å². The number of likely N-dealkylation sites (N-methyl/N-ethyl adjacent to an activating group) is 1. The van der Waals surface area contributed by atoms with Gasteiger partial charge >= 0.3 is 5.97 Å². The molecular weight excluding hydrogens is 955 g/mol. The zero-order valence-corrected chi connectivity index (χ0v) is 42.9. The van der Waals surface area contributed by atoms with Crippen molar-refractivity contribution in [1.82, 2.24) is 40.5 Å². The number of anilines is 1. The number of amides is 6. The van der Waals surface area contributed by atoms with E-state index in [0.29, 0.717) is 23.3 Å². The van der Waals surface area contributed by atoms with Crippen molar-refractivity contribution < 1.29 is 48.2 Å². The maximum Gasteiger partial charge on any atom is 0.333 e. The minimum absolute atomic E-state index is 0.0289. The van der Waals surface area contributed by atoms with Crippen molar-refractivity contribution in [2.75, 3.05) is 64.5 Å². The first-order valence-electron chi connectivity index (χ1n) is 25.3. The molecule has 6 aliphatic rings. The van der Waals surface area contributed by atoms with Crippen molar-refractivity contribution in [2.45, 2.75) is 106 Å². The number of piperidine rings is 4. The number of nitrogens with one attached hydrogen (secondary N) is 3. The molecule has 0 radical (unpaired) electrons. The second-order valence-corrected chi connectivity index (χ2v) is 21.4. The Morgan fingerprint density at radius 1 is 0.849 bits per heavy atom. The minimum atomic E-state index is -1.69. The fourth-order valence-electron chi connectivity index (χ4n) is 10.8. The molecule has 6 amide bonds. The van der Waals surface area contributed by atoms with Gasteiger partial charge in [0.05, 0.1) is 0 Å². The first-order chi connectivity index (χ1) is 35.0. The van der Waals surface area contributed by atoms with Crippen LogP contribution in [0.1, 0.15) is 80.0 Å². The molecule has 2 bridgehead atoms. The van der Waals surface area contributed by atoms with Crippen LogP contribution in [-0.4, -0.2) is 178 Å². The fourth-order valence-corrected chi connectivity index (χ4v) is 12.4. The van der Waals surface area contributed by atoms with Crippen LogP contribution in [0, 0.1) is 11.8 Å². The second-order valence-electron chi connectivity index (χ2n) is 20.1. The van der Waals surface area contributed by atoms with Gasteiger partial charge < -0.3 is 50.3 Å². The lowest BCUT2D eigenvalue weighted by Gasteiger charge is -2.45. The predicted molar refractivity (Wildman–Crippen MR) is 272 cm³/mol. The zero-order valence-electron chi connectivity index (χ0n) is 42.1. The van der Waals surface area contributed by atoms with Crippen molar-refractivity contribution in [3.63, 3.8) is 0 Å². The minimum Gasteiger partial charge on any atom is -0.505 e. The molecule has 0 saturated carbocycles. The number of ether oxygens (including phenoxy) is 1. The number of rotatable bonds is 10. The summed E-state index contributed by atoms with van der Waals surface area (Å²) < 4.78 is 5.97. The largest absolute Gasteiger partial charge is 0.505 e. The lowest BCUT2D eigenvalue weighted by molar-refractivity contribution is -0.157. The number of thioether (sulfide) groups is 1. The highest BCUT2D eigenvalue weighted by Gasteiger charge is 2.48. The van der Waals surface area contributed by atoms with Crippen molar-refractivity contribution in [3.05, 3.63) is 89.7 Å². The summed E-state index contributed by atoms with van der Waals surface area (Å²) in [6.45, 7) is 6.11. The normalized spacial score (nSPS) is 29.5. The summed E-state index contributed by atoms with van der Waals surface area (Å²) in [5, 5.41) is 18.8. The number of fused-ring (bicyclic) bond motifs is 5. The molecule has 9 rings (SSSR count). The van der Waals surface area contributed by atoms with Gasteiger partial charge in [-0.05, 0) is 93.4 Å². The summed E-state index contributed by atoms with van der Waals surface area (Å²) in [4.78, 5) is 130. The third kappa shape index (κ3) is 11.8. The van der Waals surface area contributed by atoms with Gasteiger partial charge in [0.25, 0.3) is 5.91 Å². The predicted octanol–water partition coefficient (Wildman–Crippen LogP) is 2.32. The van der Waals surface area contributed by atoms with Crippen LogP contribution in [-0.2, 0) is 44.7 Å². The maximum absolute atomic E-state index is 15.7. The summed E-state index contributed by atoms with van der Waals surface area (Å²) >= 11 is 1.73. The van der Waals surface area contributed by atoms with Gasteiger partial charge in [-0.3, -0.25) is 33.6 Å². The number of benzene rings is 2. The Balaban J connectivity index is 1.19. The number of cyclic esters (lactones) is 1. The van der Waals surface area contributed by atoms with E-state index in [1.165, 1.54) is 47.0 Å². The summed E-state index contributed by atoms with van der Waals surface area (Å²) in [5.74, 6) is -5.83. The standard InChI is InChI=1S/C53H67N9O10S/c1-6-37-50(68)61-23-11-14-38(61)51(69)59(5)40(26-32-16-18-36(19-17-32)58(3)4)52(70)62-28-35(30-73-43-29-60-24-20-33(43)21-25-60)42(64)27-39(62)47(65)57-45(34-12-8-7-9-13-34)53(71)72-31(2)44(48(66)55-37)56-49(67)46-41(63)15-10-22-54-46/h7-10,12-13,15-19,22,31,33,35,37-40,43-45,63H,6,11,14,20-21,23-30H2,1-5H3,(H,55,66)(H,56,67)(H,57,65)/t31-,35?,37-,38+,39?,40+,43-,44+,45+/m1/s1. The van der Waals surface area contributed by atoms with Crippen LogP contribution in [0.5, 0.6) is 5.75 Å². The third-order valence-corrected chi connectivity index (χ3v) is 16.7. The molecule has 20 heteroatoms. The van der Waals surface area contributed by atoms with Gasteiger partial charge in [0.15, 0.2) is 11.7 Å². The average Bonchev–Trinajstić information content (AvgIpc) is 3.89. The molecule has 2 aromatic carbocycles. The Bertz CT molecular complexity index is 2540. The van der Waals surface area contributed by atoms with Crippen LogP contribution in [0.15, 0.2) is 72.9 Å². The molecule has 2 unspecified atom stereocenters. The van der Waals surface area contributed by atoms with Crippen LogP contribution < -0.4 is 20.9 Å². The van der Waals surface area contributed by atoms with Gasteiger partial charge in [-0.1, -0.05) is 49.4 Å². The van der Waals surface area contributed by atoms with Crippen LogP contribution in [0.3, 0.4) is 0 Å². The molecule has 3 aromatic rings. The quantitative estimate of drug-likeness (QED) is 0.214. The summed E-state index contributed by atoms with van der Waals surface area (Å²) in [5.41, 5.74) is 1.49. The molecule has 4 N–H and O–H groups in total. The number of esters is 1. The van der Waals surface area contributed by atoms with E-state index in [4.69, 9.17) is 4.74 Å². The Morgan fingerprint density at radius 2 is 1.58 bits per heavy atom. The Morgan fingerprint density at radius 3 is 2.23 bits per heavy atom. The number of carbonyl (C=O) groups excluding carboxylic acids is 8. The lowest BCUT2D eigenvalue weighted by atomic mass is 9.88.